The van der Waals surface area contributed by atoms with Crippen LogP contribution in [0.3, 0.4) is 0 Å². The summed E-state index contributed by atoms with van der Waals surface area (Å²) in [6.45, 7) is 0. The van der Waals surface area contributed by atoms with Gasteiger partial charge in [-0.1, -0.05) is 78.9 Å². The number of aromatic nitrogens is 2. The van der Waals surface area contributed by atoms with Gasteiger partial charge in [0, 0.05) is 16.6 Å². The van der Waals surface area contributed by atoms with E-state index in [0.717, 1.165) is 0 Å². The highest BCUT2D eigenvalue weighted by Gasteiger charge is 2.21. The van der Waals surface area contributed by atoms with Crippen LogP contribution in [0.1, 0.15) is 0 Å². The summed E-state index contributed by atoms with van der Waals surface area (Å²) in [5.41, 5.74) is 8.57. The molecule has 0 amide bonds. The average Bonchev–Trinajstić information content (AvgIpc) is 3.27. The van der Waals surface area contributed by atoms with Crippen molar-refractivity contribution in [1.82, 2.24) is 8.97 Å². The van der Waals surface area contributed by atoms with Gasteiger partial charge < -0.3 is 0 Å². The van der Waals surface area contributed by atoms with E-state index in [1.54, 1.807) is 0 Å². The molecular weight excluding hydrogens is 340 g/mol. The highest BCUT2D eigenvalue weighted by molar-refractivity contribution is 6.09. The average molecular weight is 358 g/mol. The third kappa shape index (κ3) is 2.03. The molecule has 2 nitrogen and oxygen atoms in total. The van der Waals surface area contributed by atoms with Gasteiger partial charge in [-0.2, -0.15) is 0 Å². The minimum atomic E-state index is 1.17. The summed E-state index contributed by atoms with van der Waals surface area (Å²) >= 11 is 0. The Morgan fingerprint density at radius 2 is 1.04 bits per heavy atom. The third-order valence-corrected chi connectivity index (χ3v) is 5.50. The summed E-state index contributed by atoms with van der Waals surface area (Å²) in [5, 5.41) is 1.28. The van der Waals surface area contributed by atoms with E-state index in [1.807, 2.05) is 0 Å². The molecule has 0 radical (unpaired) electrons. The van der Waals surface area contributed by atoms with Gasteiger partial charge >= 0.3 is 0 Å². The second-order valence-corrected chi connectivity index (χ2v) is 7.08. The van der Waals surface area contributed by atoms with E-state index in [0.29, 0.717) is 0 Å². The molecule has 6 aromatic rings. The first kappa shape index (κ1) is 15.3. The Kier molecular flexibility index (Phi) is 3.20. The van der Waals surface area contributed by atoms with Crippen molar-refractivity contribution >= 4 is 27.6 Å². The van der Waals surface area contributed by atoms with Crippen LogP contribution >= 0.6 is 0 Å². The summed E-state index contributed by atoms with van der Waals surface area (Å²) in [6.07, 6.45) is 0. The topological polar surface area (TPSA) is 9.34 Å². The standard InChI is InChI=1S/C26H18N2/c1-3-11-19(12-4-1)25-21-15-7-8-16-22(21)28-24-18-10-9-17-23(24)27(26(25)28)20-13-5-2-6-14-20/h1-18H. The molecule has 6 rings (SSSR count). The molecule has 0 spiro atoms. The summed E-state index contributed by atoms with van der Waals surface area (Å²) in [7, 11) is 0. The van der Waals surface area contributed by atoms with E-state index in [-0.39, 0.29) is 0 Å². The van der Waals surface area contributed by atoms with Gasteiger partial charge in [0.15, 0.2) is 0 Å². The van der Waals surface area contributed by atoms with E-state index < -0.39 is 0 Å². The molecule has 0 aliphatic carbocycles. The van der Waals surface area contributed by atoms with Crippen LogP contribution in [0, 0.1) is 0 Å². The van der Waals surface area contributed by atoms with Crippen molar-refractivity contribution in [1.29, 1.82) is 0 Å². The molecule has 0 atom stereocenters. The van der Waals surface area contributed by atoms with Crippen LogP contribution < -0.4 is 0 Å². The fourth-order valence-corrected chi connectivity index (χ4v) is 4.37. The zero-order valence-electron chi connectivity index (χ0n) is 15.3. The summed E-state index contributed by atoms with van der Waals surface area (Å²) in [5.74, 6) is 0. The summed E-state index contributed by atoms with van der Waals surface area (Å²) in [4.78, 5) is 0. The molecule has 2 heterocycles. The van der Waals surface area contributed by atoms with Gasteiger partial charge in [-0.05, 0) is 35.9 Å². The molecule has 28 heavy (non-hydrogen) atoms. The van der Waals surface area contributed by atoms with Crippen molar-refractivity contribution in [2.24, 2.45) is 0 Å². The number of imidazole rings is 1. The van der Waals surface area contributed by atoms with E-state index in [2.05, 4.69) is 118 Å². The Morgan fingerprint density at radius 3 is 1.79 bits per heavy atom. The lowest BCUT2D eigenvalue weighted by Crippen LogP contribution is -1.94. The van der Waals surface area contributed by atoms with E-state index in [4.69, 9.17) is 0 Å². The van der Waals surface area contributed by atoms with Crippen LogP contribution in [-0.2, 0) is 0 Å². The maximum atomic E-state index is 2.40. The molecule has 4 aromatic carbocycles. The zero-order chi connectivity index (χ0) is 18.5. The number of fused-ring (bicyclic) bond motifs is 5. The van der Waals surface area contributed by atoms with E-state index >= 15 is 0 Å². The number of para-hydroxylation sites is 4. The Labute approximate surface area is 162 Å². The van der Waals surface area contributed by atoms with Crippen molar-refractivity contribution < 1.29 is 0 Å². The van der Waals surface area contributed by atoms with Gasteiger partial charge in [0.25, 0.3) is 0 Å². The van der Waals surface area contributed by atoms with Crippen molar-refractivity contribution in [2.75, 3.05) is 0 Å². The van der Waals surface area contributed by atoms with Gasteiger partial charge in [0.05, 0.1) is 16.6 Å². The zero-order valence-corrected chi connectivity index (χ0v) is 15.3. The van der Waals surface area contributed by atoms with Crippen LogP contribution in [0.2, 0.25) is 0 Å². The number of nitrogens with zero attached hydrogens (tertiary/aromatic N) is 2. The monoisotopic (exact) mass is 358 g/mol. The highest BCUT2D eigenvalue weighted by Crippen LogP contribution is 2.40. The molecule has 132 valence electrons. The number of hydrogen-bond acceptors (Lipinski definition) is 0. The van der Waals surface area contributed by atoms with Crippen molar-refractivity contribution in [3.8, 4) is 16.8 Å². The van der Waals surface area contributed by atoms with Crippen molar-refractivity contribution in [3.63, 3.8) is 0 Å². The molecular formula is C26H18N2. The van der Waals surface area contributed by atoms with Gasteiger partial charge in [-0.25, -0.2) is 0 Å². The number of benzene rings is 4. The first-order valence-corrected chi connectivity index (χ1v) is 9.57. The number of hydrogen-bond donors (Lipinski definition) is 0. The lowest BCUT2D eigenvalue weighted by atomic mass is 10.0. The summed E-state index contributed by atoms with van der Waals surface area (Å²) < 4.78 is 4.79. The normalized spacial score (nSPS) is 11.6. The van der Waals surface area contributed by atoms with Crippen molar-refractivity contribution in [3.05, 3.63) is 109 Å². The molecule has 0 N–H and O–H groups in total. The fraction of sp³-hybridized carbons (Fsp3) is 0. The lowest BCUT2D eigenvalue weighted by Gasteiger charge is -2.08. The second-order valence-electron chi connectivity index (χ2n) is 7.08. The third-order valence-electron chi connectivity index (χ3n) is 5.50. The minimum absolute atomic E-state index is 1.17. The predicted molar refractivity (Wildman–Crippen MR) is 117 cm³/mol. The molecule has 2 heteroatoms. The second kappa shape index (κ2) is 5.86. The first-order chi connectivity index (χ1) is 13.9. The molecule has 0 unspecified atom stereocenters. The molecule has 0 saturated carbocycles. The maximum Gasteiger partial charge on any atom is 0.131 e. The van der Waals surface area contributed by atoms with Crippen LogP contribution in [0.25, 0.3) is 44.4 Å². The van der Waals surface area contributed by atoms with Crippen LogP contribution in [-0.4, -0.2) is 8.97 Å². The van der Waals surface area contributed by atoms with Gasteiger partial charge in [0.1, 0.15) is 5.65 Å². The molecule has 2 aromatic heterocycles. The Balaban J connectivity index is 1.93. The number of rotatable bonds is 2. The molecule has 0 fully saturated rings. The van der Waals surface area contributed by atoms with Gasteiger partial charge in [0.2, 0.25) is 0 Å². The van der Waals surface area contributed by atoms with Gasteiger partial charge in [-0.15, -0.1) is 0 Å². The largest absolute Gasteiger partial charge is 0.293 e. The summed E-state index contributed by atoms with van der Waals surface area (Å²) in [6, 6.07) is 38.7. The Hall–Kier alpha value is -3.78. The van der Waals surface area contributed by atoms with Crippen LogP contribution in [0.4, 0.5) is 0 Å². The van der Waals surface area contributed by atoms with Crippen molar-refractivity contribution in [2.45, 2.75) is 0 Å². The lowest BCUT2D eigenvalue weighted by molar-refractivity contribution is 1.15. The van der Waals surface area contributed by atoms with Gasteiger partial charge in [-0.3, -0.25) is 8.97 Å². The SMILES string of the molecule is c1ccc(-c2c3ccccc3n3c4ccccc4n(-c4ccccc4)c23)cc1. The fourth-order valence-electron chi connectivity index (χ4n) is 4.37. The maximum absolute atomic E-state index is 2.40. The molecule has 0 saturated heterocycles. The molecule has 0 aliphatic heterocycles. The van der Waals surface area contributed by atoms with E-state index in [1.165, 1.54) is 44.4 Å². The van der Waals surface area contributed by atoms with E-state index in [9.17, 15) is 0 Å². The molecule has 0 aliphatic rings. The first-order valence-electron chi connectivity index (χ1n) is 9.57. The van der Waals surface area contributed by atoms with Crippen LogP contribution in [0.5, 0.6) is 0 Å². The Bertz CT molecular complexity index is 1330. The highest BCUT2D eigenvalue weighted by atomic mass is 15.1. The molecule has 0 bridgehead atoms. The quantitative estimate of drug-likeness (QED) is 0.326. The smallest absolute Gasteiger partial charge is 0.131 e. The van der Waals surface area contributed by atoms with Crippen LogP contribution in [0.15, 0.2) is 109 Å². The Morgan fingerprint density at radius 1 is 0.464 bits per heavy atom. The minimum Gasteiger partial charge on any atom is -0.293 e. The predicted octanol–water partition coefficient (Wildman–Crippen LogP) is 6.70.